The average Bonchev–Trinajstić information content (AvgIpc) is 2.77. The monoisotopic (exact) mass is 421 g/mol. The summed E-state index contributed by atoms with van der Waals surface area (Å²) < 4.78 is 59.3. The maximum Gasteiger partial charge on any atom is 0.416 e. The molecule has 132 valence electrons. The third-order valence-corrected chi connectivity index (χ3v) is 5.02. The highest BCUT2D eigenvalue weighted by Gasteiger charge is 2.41. The minimum atomic E-state index is -4.65. The number of alkyl halides is 6. The highest BCUT2D eigenvalue weighted by molar-refractivity contribution is 7.94. The van der Waals surface area contributed by atoms with Crippen LogP contribution in [-0.2, 0) is 20.8 Å². The maximum atomic E-state index is 12.9. The summed E-state index contributed by atoms with van der Waals surface area (Å²) in [4.78, 5) is 13.1. The molecule has 1 aromatic rings. The first-order valence-corrected chi connectivity index (χ1v) is 9.15. The first-order chi connectivity index (χ1) is 10.8. The van der Waals surface area contributed by atoms with E-state index < -0.39 is 43.1 Å². The van der Waals surface area contributed by atoms with Crippen molar-refractivity contribution < 1.29 is 26.4 Å². The summed E-state index contributed by atoms with van der Waals surface area (Å²) in [5.74, 6) is -1.67. The summed E-state index contributed by atoms with van der Waals surface area (Å²) in [7, 11) is -3.59. The zero-order valence-corrected chi connectivity index (χ0v) is 14.7. The lowest BCUT2D eigenvalue weighted by Crippen LogP contribution is -2.46. The van der Waals surface area contributed by atoms with Crippen LogP contribution in [0.5, 0.6) is 0 Å². The van der Waals surface area contributed by atoms with Crippen molar-refractivity contribution in [1.29, 1.82) is 0 Å². The van der Waals surface area contributed by atoms with E-state index in [1.807, 2.05) is 0 Å². The van der Waals surface area contributed by atoms with Crippen LogP contribution >= 0.6 is 34.8 Å². The van der Waals surface area contributed by atoms with Gasteiger partial charge >= 0.3 is 6.18 Å². The molecule has 1 aromatic carbocycles. The van der Waals surface area contributed by atoms with Gasteiger partial charge < -0.3 is 4.90 Å². The van der Waals surface area contributed by atoms with E-state index in [9.17, 15) is 26.4 Å². The molecular formula is C13H9Cl3F3NO3S. The van der Waals surface area contributed by atoms with Crippen LogP contribution in [0.15, 0.2) is 35.7 Å². The Kier molecular flexibility index (Phi) is 5.17. The third kappa shape index (κ3) is 4.36. The van der Waals surface area contributed by atoms with E-state index >= 15 is 0 Å². The number of anilines is 1. The summed E-state index contributed by atoms with van der Waals surface area (Å²) in [6, 6.07) is 2.68. The Morgan fingerprint density at radius 1 is 1.21 bits per heavy atom. The molecule has 1 aliphatic heterocycles. The molecule has 1 atom stereocenters. The molecule has 0 radical (unpaired) electrons. The number of carbonyl (C=O) groups is 1. The number of benzene rings is 1. The molecular weight excluding hydrogens is 414 g/mol. The Bertz CT molecular complexity index is 788. The molecule has 0 fully saturated rings. The number of sulfone groups is 1. The van der Waals surface area contributed by atoms with Crippen molar-refractivity contribution in [1.82, 2.24) is 0 Å². The van der Waals surface area contributed by atoms with Crippen LogP contribution in [-0.4, -0.2) is 29.9 Å². The number of halogens is 6. The van der Waals surface area contributed by atoms with Crippen molar-refractivity contribution in [2.24, 2.45) is 0 Å². The van der Waals surface area contributed by atoms with Crippen LogP contribution in [0.2, 0.25) is 0 Å². The van der Waals surface area contributed by atoms with Crippen LogP contribution in [0.1, 0.15) is 5.56 Å². The Morgan fingerprint density at radius 3 is 2.29 bits per heavy atom. The number of rotatable bonds is 2. The van der Waals surface area contributed by atoms with Gasteiger partial charge in [-0.2, -0.15) is 13.2 Å². The SMILES string of the molecule is O=C(N(c1cccc(C(F)(F)F)c1)[C@@H]1C=CS(=O)(=O)C1)C(Cl)(Cl)Cl. The summed E-state index contributed by atoms with van der Waals surface area (Å²) in [6.07, 6.45) is -3.49. The molecule has 4 nitrogen and oxygen atoms in total. The molecule has 24 heavy (non-hydrogen) atoms. The normalized spacial score (nSPS) is 20.2. The molecule has 1 aliphatic rings. The number of carbonyl (C=O) groups excluding carboxylic acids is 1. The van der Waals surface area contributed by atoms with E-state index in [4.69, 9.17) is 34.8 Å². The summed E-state index contributed by atoms with van der Waals surface area (Å²) in [5.41, 5.74) is -1.25. The number of hydrogen-bond acceptors (Lipinski definition) is 3. The molecule has 0 unspecified atom stereocenters. The maximum absolute atomic E-state index is 12.9. The fourth-order valence-corrected chi connectivity index (χ4v) is 3.69. The fourth-order valence-electron chi connectivity index (χ4n) is 2.15. The van der Waals surface area contributed by atoms with Crippen molar-refractivity contribution in [2.45, 2.75) is 16.0 Å². The molecule has 1 heterocycles. The lowest BCUT2D eigenvalue weighted by molar-refractivity contribution is -0.137. The minimum absolute atomic E-state index is 0.229. The van der Waals surface area contributed by atoms with Gasteiger partial charge in [0.05, 0.1) is 17.4 Å². The van der Waals surface area contributed by atoms with Crippen molar-refractivity contribution in [3.8, 4) is 0 Å². The van der Waals surface area contributed by atoms with Gasteiger partial charge in [0.2, 0.25) is 0 Å². The zero-order chi connectivity index (χ0) is 18.3. The van der Waals surface area contributed by atoms with Crippen molar-refractivity contribution in [3.63, 3.8) is 0 Å². The fraction of sp³-hybridized carbons (Fsp3) is 0.308. The van der Waals surface area contributed by atoms with Gasteiger partial charge in [-0.25, -0.2) is 8.42 Å². The van der Waals surface area contributed by atoms with Gasteiger partial charge in [-0.3, -0.25) is 4.79 Å². The Hall–Kier alpha value is -0.960. The van der Waals surface area contributed by atoms with E-state index in [0.717, 1.165) is 28.5 Å². The van der Waals surface area contributed by atoms with Crippen LogP contribution in [0, 0.1) is 0 Å². The van der Waals surface area contributed by atoms with E-state index in [2.05, 4.69) is 0 Å². The summed E-state index contributed by atoms with van der Waals surface area (Å²) in [5, 5.41) is 0.865. The molecule has 0 aliphatic carbocycles. The van der Waals surface area contributed by atoms with Crippen molar-refractivity contribution >= 4 is 56.2 Å². The predicted octanol–water partition coefficient (Wildman–Crippen LogP) is 3.72. The average molecular weight is 423 g/mol. The topological polar surface area (TPSA) is 54.5 Å². The molecule has 2 rings (SSSR count). The molecule has 0 aromatic heterocycles. The zero-order valence-electron chi connectivity index (χ0n) is 11.6. The first kappa shape index (κ1) is 19.4. The van der Waals surface area contributed by atoms with E-state index in [1.54, 1.807) is 0 Å². The van der Waals surface area contributed by atoms with Crippen molar-refractivity contribution in [2.75, 3.05) is 10.7 Å². The van der Waals surface area contributed by atoms with E-state index in [1.165, 1.54) is 6.07 Å². The number of amides is 1. The molecule has 0 saturated heterocycles. The Labute approximate surface area is 150 Å². The second-order valence-electron chi connectivity index (χ2n) is 4.95. The lowest BCUT2D eigenvalue weighted by Gasteiger charge is -2.30. The third-order valence-electron chi connectivity index (χ3n) is 3.16. The first-order valence-electron chi connectivity index (χ1n) is 6.30. The Morgan fingerprint density at radius 2 is 1.83 bits per heavy atom. The molecule has 11 heteroatoms. The summed E-state index contributed by atoms with van der Waals surface area (Å²) >= 11 is 16.7. The molecule has 0 bridgehead atoms. The van der Waals surface area contributed by atoms with Gasteiger partial charge in [-0.15, -0.1) is 0 Å². The molecule has 0 spiro atoms. The predicted molar refractivity (Wildman–Crippen MR) is 85.9 cm³/mol. The molecule has 0 N–H and O–H groups in total. The standard InChI is InChI=1S/C13H9Cl3F3NO3S/c14-12(15,16)11(21)20(10-4-5-24(22,23)7-10)9-3-1-2-8(6-9)13(17,18)19/h1-6,10H,7H2/t10-/m1/s1. The van der Waals surface area contributed by atoms with Crippen LogP contribution in [0.25, 0.3) is 0 Å². The van der Waals surface area contributed by atoms with Gasteiger partial charge in [0, 0.05) is 11.1 Å². The van der Waals surface area contributed by atoms with Gasteiger partial charge in [-0.05, 0) is 24.3 Å². The number of hydrogen-bond donors (Lipinski definition) is 0. The Balaban J connectivity index is 2.52. The second-order valence-corrected chi connectivity index (χ2v) is 9.16. The van der Waals surface area contributed by atoms with Gasteiger partial charge in [0.1, 0.15) is 0 Å². The highest BCUT2D eigenvalue weighted by atomic mass is 35.6. The van der Waals surface area contributed by atoms with Crippen molar-refractivity contribution in [3.05, 3.63) is 41.3 Å². The van der Waals surface area contributed by atoms with Crippen LogP contribution in [0.4, 0.5) is 18.9 Å². The smallest absolute Gasteiger partial charge is 0.301 e. The summed E-state index contributed by atoms with van der Waals surface area (Å²) in [6.45, 7) is 0. The highest BCUT2D eigenvalue weighted by Crippen LogP contribution is 2.36. The van der Waals surface area contributed by atoms with Crippen LogP contribution in [0.3, 0.4) is 0 Å². The van der Waals surface area contributed by atoms with E-state index in [-0.39, 0.29) is 5.69 Å². The van der Waals surface area contributed by atoms with Gasteiger partial charge in [-0.1, -0.05) is 40.9 Å². The molecule has 1 amide bonds. The largest absolute Gasteiger partial charge is 0.416 e. The minimum Gasteiger partial charge on any atom is -0.301 e. The van der Waals surface area contributed by atoms with E-state index in [0.29, 0.717) is 6.07 Å². The number of nitrogens with zero attached hydrogens (tertiary/aromatic N) is 1. The van der Waals surface area contributed by atoms with Gasteiger partial charge in [0.25, 0.3) is 9.70 Å². The van der Waals surface area contributed by atoms with Gasteiger partial charge in [0.15, 0.2) is 9.84 Å². The lowest BCUT2D eigenvalue weighted by atomic mass is 10.1. The van der Waals surface area contributed by atoms with Crippen LogP contribution < -0.4 is 4.90 Å². The molecule has 0 saturated carbocycles. The second kappa shape index (κ2) is 6.40. The quantitative estimate of drug-likeness (QED) is 0.683.